The van der Waals surface area contributed by atoms with Crippen LogP contribution in [0, 0.1) is 0 Å². The van der Waals surface area contributed by atoms with Gasteiger partial charge in [0.2, 0.25) is 0 Å². The minimum atomic E-state index is -0.316. The van der Waals surface area contributed by atoms with Gasteiger partial charge in [-0.3, -0.25) is 4.99 Å². The maximum atomic E-state index is 8.69. The number of hydrogen-bond acceptors (Lipinski definition) is 4. The van der Waals surface area contributed by atoms with Crippen molar-refractivity contribution in [2.24, 2.45) is 10.7 Å². The molecular formula is C12H22N2O2. The van der Waals surface area contributed by atoms with Gasteiger partial charge in [0.05, 0.1) is 5.71 Å². The number of ether oxygens (including phenoxy) is 1. The molecule has 0 fully saturated rings. The molecule has 0 saturated heterocycles. The third-order valence-electron chi connectivity index (χ3n) is 3.05. The van der Waals surface area contributed by atoms with Gasteiger partial charge in [0.25, 0.3) is 0 Å². The number of hydrogen-bond donors (Lipinski definition) is 2. The largest absolute Gasteiger partial charge is 0.466 e. The van der Waals surface area contributed by atoms with Crippen LogP contribution < -0.4 is 5.73 Å². The van der Waals surface area contributed by atoms with E-state index >= 15 is 0 Å². The predicted octanol–water partition coefficient (Wildman–Crippen LogP) is 1.59. The van der Waals surface area contributed by atoms with Gasteiger partial charge >= 0.3 is 0 Å². The summed E-state index contributed by atoms with van der Waals surface area (Å²) in [6.07, 6.45) is 5.27. The molecule has 0 atom stereocenters. The summed E-state index contributed by atoms with van der Waals surface area (Å²) in [4.78, 5) is 4.53. The highest BCUT2D eigenvalue weighted by Gasteiger charge is 2.38. The first-order chi connectivity index (χ1) is 7.68. The van der Waals surface area contributed by atoms with Crippen molar-refractivity contribution >= 4 is 5.71 Å². The monoisotopic (exact) mass is 226 g/mol. The average Bonchev–Trinajstić information content (AvgIpc) is 2.62. The van der Waals surface area contributed by atoms with Crippen LogP contribution in [-0.2, 0) is 4.74 Å². The van der Waals surface area contributed by atoms with Crippen molar-refractivity contribution < 1.29 is 9.84 Å². The normalized spacial score (nSPS) is 20.9. The molecule has 0 aromatic rings. The molecule has 92 valence electrons. The van der Waals surface area contributed by atoms with Gasteiger partial charge in [-0.2, -0.15) is 0 Å². The molecule has 4 nitrogen and oxygen atoms in total. The number of rotatable bonds is 6. The second-order valence-corrected chi connectivity index (χ2v) is 4.05. The molecule has 0 aliphatic carbocycles. The number of aliphatic hydroxyl groups is 1. The van der Waals surface area contributed by atoms with Crippen molar-refractivity contribution in [1.82, 2.24) is 0 Å². The highest BCUT2D eigenvalue weighted by molar-refractivity contribution is 6.03. The van der Waals surface area contributed by atoms with E-state index in [9.17, 15) is 0 Å². The van der Waals surface area contributed by atoms with E-state index in [4.69, 9.17) is 15.6 Å². The fourth-order valence-corrected chi connectivity index (χ4v) is 1.94. The van der Waals surface area contributed by atoms with E-state index in [0.29, 0.717) is 5.88 Å². The van der Waals surface area contributed by atoms with E-state index in [2.05, 4.69) is 18.8 Å². The first-order valence-electron chi connectivity index (χ1n) is 6.00. The minimum absolute atomic E-state index is 0.228. The molecule has 4 heteroatoms. The molecule has 0 saturated carbocycles. The molecule has 0 unspecified atom stereocenters. The highest BCUT2D eigenvalue weighted by atomic mass is 16.5. The molecule has 16 heavy (non-hydrogen) atoms. The number of aliphatic imine (C=N–C) groups is 1. The molecule has 0 amide bonds. The number of nitrogens with zero attached hydrogens (tertiary/aromatic N) is 1. The third kappa shape index (κ3) is 2.76. The van der Waals surface area contributed by atoms with Crippen LogP contribution in [0.3, 0.4) is 0 Å². The maximum absolute atomic E-state index is 8.69. The van der Waals surface area contributed by atoms with Crippen molar-refractivity contribution in [2.75, 3.05) is 13.2 Å². The zero-order valence-corrected chi connectivity index (χ0v) is 10.2. The van der Waals surface area contributed by atoms with Crippen molar-refractivity contribution in [2.45, 2.75) is 45.1 Å². The Balaban J connectivity index is 2.67. The van der Waals surface area contributed by atoms with Crippen LogP contribution in [0.25, 0.3) is 0 Å². The zero-order chi connectivity index (χ0) is 12.0. The summed E-state index contributed by atoms with van der Waals surface area (Å²) in [5.74, 6) is 0.463. The molecule has 1 aliphatic rings. The molecule has 0 aromatic heterocycles. The van der Waals surface area contributed by atoms with Crippen molar-refractivity contribution in [3.63, 3.8) is 0 Å². The van der Waals surface area contributed by atoms with Crippen LogP contribution in [0.4, 0.5) is 0 Å². The number of aliphatic hydroxyl groups excluding tert-OH is 1. The van der Waals surface area contributed by atoms with Gasteiger partial charge in [0.15, 0.2) is 11.5 Å². The Morgan fingerprint density at radius 1 is 1.38 bits per heavy atom. The quantitative estimate of drug-likeness (QED) is 0.676. The lowest BCUT2D eigenvalue weighted by molar-refractivity contribution is 0.0666. The van der Waals surface area contributed by atoms with Gasteiger partial charge in [-0.25, -0.2) is 0 Å². The lowest BCUT2D eigenvalue weighted by Gasteiger charge is -2.27. The predicted molar refractivity (Wildman–Crippen MR) is 65.3 cm³/mol. The molecular weight excluding hydrogens is 204 g/mol. The standard InChI is InChI=1S/C12H22N2O2/c1-3-12(4-2)10(9-11(13)16-12)14-7-5-6-8-15/h9,15H,3-8,13H2,1-2H3. The van der Waals surface area contributed by atoms with Gasteiger partial charge in [-0.15, -0.1) is 0 Å². The Bertz CT molecular complexity index is 281. The topological polar surface area (TPSA) is 67.8 Å². The van der Waals surface area contributed by atoms with E-state index in [1.807, 2.05) is 6.08 Å². The first kappa shape index (κ1) is 13.0. The Labute approximate surface area is 97.2 Å². The van der Waals surface area contributed by atoms with Crippen molar-refractivity contribution in [1.29, 1.82) is 0 Å². The van der Waals surface area contributed by atoms with Crippen LogP contribution in [0.1, 0.15) is 39.5 Å². The average molecular weight is 226 g/mol. The second-order valence-electron chi connectivity index (χ2n) is 4.05. The summed E-state index contributed by atoms with van der Waals surface area (Å²) in [6, 6.07) is 0. The van der Waals surface area contributed by atoms with E-state index in [1.165, 1.54) is 0 Å². The molecule has 1 aliphatic heterocycles. The van der Waals surface area contributed by atoms with Gasteiger partial charge in [0.1, 0.15) is 0 Å². The summed E-state index contributed by atoms with van der Waals surface area (Å²) in [5.41, 5.74) is 6.34. The Hall–Kier alpha value is -1.03. The minimum Gasteiger partial charge on any atom is -0.466 e. The lowest BCUT2D eigenvalue weighted by atomic mass is 9.92. The van der Waals surface area contributed by atoms with Gasteiger partial charge < -0.3 is 15.6 Å². The van der Waals surface area contributed by atoms with Crippen LogP contribution in [0.15, 0.2) is 17.0 Å². The fourth-order valence-electron chi connectivity index (χ4n) is 1.94. The molecule has 1 heterocycles. The van der Waals surface area contributed by atoms with E-state index in [0.717, 1.165) is 37.9 Å². The summed E-state index contributed by atoms with van der Waals surface area (Å²) < 4.78 is 5.68. The van der Waals surface area contributed by atoms with Crippen LogP contribution in [0.5, 0.6) is 0 Å². The maximum Gasteiger partial charge on any atom is 0.187 e. The van der Waals surface area contributed by atoms with Crippen LogP contribution >= 0.6 is 0 Å². The van der Waals surface area contributed by atoms with Gasteiger partial charge in [-0.05, 0) is 25.7 Å². The fraction of sp³-hybridized carbons (Fsp3) is 0.750. The van der Waals surface area contributed by atoms with E-state index in [-0.39, 0.29) is 12.2 Å². The summed E-state index contributed by atoms with van der Waals surface area (Å²) in [5, 5.41) is 8.69. The summed E-state index contributed by atoms with van der Waals surface area (Å²) in [6.45, 7) is 5.12. The highest BCUT2D eigenvalue weighted by Crippen LogP contribution is 2.30. The zero-order valence-electron chi connectivity index (χ0n) is 10.2. The second kappa shape index (κ2) is 5.89. The van der Waals surface area contributed by atoms with Crippen LogP contribution in [-0.4, -0.2) is 29.6 Å². The molecule has 0 spiro atoms. The molecule has 1 rings (SSSR count). The van der Waals surface area contributed by atoms with Crippen molar-refractivity contribution in [3.05, 3.63) is 12.0 Å². The smallest absolute Gasteiger partial charge is 0.187 e. The number of nitrogens with two attached hydrogens (primary N) is 1. The number of unbranched alkanes of at least 4 members (excludes halogenated alkanes) is 1. The first-order valence-corrected chi connectivity index (χ1v) is 6.00. The Morgan fingerprint density at radius 2 is 2.06 bits per heavy atom. The van der Waals surface area contributed by atoms with E-state index in [1.54, 1.807) is 0 Å². The summed E-state index contributed by atoms with van der Waals surface area (Å²) in [7, 11) is 0. The van der Waals surface area contributed by atoms with Gasteiger partial charge in [-0.1, -0.05) is 13.8 Å². The van der Waals surface area contributed by atoms with Gasteiger partial charge in [0, 0.05) is 19.2 Å². The molecule has 0 radical (unpaired) electrons. The Morgan fingerprint density at radius 3 is 2.62 bits per heavy atom. The Kier molecular flexibility index (Phi) is 4.80. The molecule has 0 aromatic carbocycles. The summed E-state index contributed by atoms with van der Waals surface area (Å²) >= 11 is 0. The third-order valence-corrected chi connectivity index (χ3v) is 3.05. The van der Waals surface area contributed by atoms with E-state index < -0.39 is 0 Å². The SMILES string of the molecule is CCC1(CC)OC(N)=CC1=NCCCCO. The lowest BCUT2D eigenvalue weighted by Crippen LogP contribution is -2.35. The molecule has 3 N–H and O–H groups in total. The molecule has 0 bridgehead atoms. The van der Waals surface area contributed by atoms with Crippen LogP contribution in [0.2, 0.25) is 0 Å². The van der Waals surface area contributed by atoms with Crippen molar-refractivity contribution in [3.8, 4) is 0 Å².